The normalized spacial score (nSPS) is 17.0. The zero-order valence-electron chi connectivity index (χ0n) is 10.4. The van der Waals surface area contributed by atoms with E-state index >= 15 is 0 Å². The minimum Gasteiger partial charge on any atom is -0.386 e. The molecule has 3 atom stereocenters. The van der Waals surface area contributed by atoms with Crippen molar-refractivity contribution < 1.29 is 5.11 Å². The molecule has 16 heavy (non-hydrogen) atoms. The Hall–Kier alpha value is -0.380. The quantitative estimate of drug-likeness (QED) is 0.768. The molecule has 0 aliphatic carbocycles. The fraction of sp³-hybridized carbons (Fsp3) is 0.692. The van der Waals surface area contributed by atoms with Gasteiger partial charge in [0, 0.05) is 17.5 Å². The molecule has 1 rings (SSSR count). The molecule has 1 heterocycles. The summed E-state index contributed by atoms with van der Waals surface area (Å²) in [6.45, 7) is 7.33. The van der Waals surface area contributed by atoms with Crippen LogP contribution in [-0.2, 0) is 0 Å². The first-order valence-electron chi connectivity index (χ1n) is 6.08. The first-order valence-corrected chi connectivity index (χ1v) is 6.96. The number of nitrogens with one attached hydrogen (secondary N) is 1. The second-order valence-electron chi connectivity index (χ2n) is 4.59. The Labute approximate surface area is 103 Å². The van der Waals surface area contributed by atoms with Gasteiger partial charge >= 0.3 is 0 Å². The van der Waals surface area contributed by atoms with Crippen LogP contribution >= 0.6 is 11.3 Å². The van der Waals surface area contributed by atoms with Crippen molar-refractivity contribution in [2.24, 2.45) is 5.92 Å². The summed E-state index contributed by atoms with van der Waals surface area (Å²) in [5.41, 5.74) is 0. The van der Waals surface area contributed by atoms with Crippen molar-refractivity contribution in [3.05, 3.63) is 22.4 Å². The van der Waals surface area contributed by atoms with E-state index in [1.54, 1.807) is 11.3 Å². The lowest BCUT2D eigenvalue weighted by atomic mass is 10.0. The third-order valence-electron chi connectivity index (χ3n) is 2.98. The average Bonchev–Trinajstić information content (AvgIpc) is 2.79. The first-order chi connectivity index (χ1) is 7.63. The van der Waals surface area contributed by atoms with E-state index in [2.05, 4.69) is 26.1 Å². The second kappa shape index (κ2) is 7.05. The number of aliphatic hydroxyl groups excluding tert-OH is 1. The van der Waals surface area contributed by atoms with E-state index in [-0.39, 0.29) is 6.10 Å². The van der Waals surface area contributed by atoms with Crippen molar-refractivity contribution in [3.8, 4) is 0 Å². The number of aliphatic hydroxyl groups is 1. The minimum absolute atomic E-state index is 0.362. The Kier molecular flexibility index (Phi) is 6.03. The van der Waals surface area contributed by atoms with Crippen LogP contribution < -0.4 is 5.32 Å². The fourth-order valence-electron chi connectivity index (χ4n) is 1.75. The summed E-state index contributed by atoms with van der Waals surface area (Å²) >= 11 is 1.61. The van der Waals surface area contributed by atoms with E-state index in [4.69, 9.17) is 0 Å². The Bertz CT molecular complexity index is 273. The zero-order valence-corrected chi connectivity index (χ0v) is 11.3. The van der Waals surface area contributed by atoms with Gasteiger partial charge in [0.1, 0.15) is 6.10 Å². The van der Waals surface area contributed by atoms with Crippen LogP contribution in [-0.4, -0.2) is 17.7 Å². The monoisotopic (exact) mass is 241 g/mol. The van der Waals surface area contributed by atoms with Gasteiger partial charge in [0.2, 0.25) is 0 Å². The predicted octanol–water partition coefficient (Wildman–Crippen LogP) is 3.20. The largest absolute Gasteiger partial charge is 0.386 e. The van der Waals surface area contributed by atoms with Gasteiger partial charge in [0.15, 0.2) is 0 Å². The summed E-state index contributed by atoms with van der Waals surface area (Å²) in [4.78, 5) is 1.04. The molecule has 2 nitrogen and oxygen atoms in total. The van der Waals surface area contributed by atoms with Gasteiger partial charge in [0.25, 0.3) is 0 Å². The van der Waals surface area contributed by atoms with Crippen molar-refractivity contribution in [3.63, 3.8) is 0 Å². The van der Waals surface area contributed by atoms with E-state index in [0.29, 0.717) is 12.6 Å². The van der Waals surface area contributed by atoms with Gasteiger partial charge in [-0.1, -0.05) is 26.3 Å². The summed E-state index contributed by atoms with van der Waals surface area (Å²) in [7, 11) is 0. The van der Waals surface area contributed by atoms with Gasteiger partial charge in [-0.2, -0.15) is 0 Å². The summed E-state index contributed by atoms with van der Waals surface area (Å²) in [6.07, 6.45) is 2.03. The maximum atomic E-state index is 9.90. The lowest BCUT2D eigenvalue weighted by Crippen LogP contribution is -2.31. The Morgan fingerprint density at radius 1 is 1.44 bits per heavy atom. The van der Waals surface area contributed by atoms with E-state index in [9.17, 15) is 5.11 Å². The lowest BCUT2D eigenvalue weighted by Gasteiger charge is -2.19. The molecule has 0 amide bonds. The van der Waals surface area contributed by atoms with Crippen molar-refractivity contribution in [2.75, 3.05) is 6.54 Å². The topological polar surface area (TPSA) is 32.3 Å². The fourth-order valence-corrected chi connectivity index (χ4v) is 2.46. The molecule has 0 aliphatic rings. The van der Waals surface area contributed by atoms with Crippen molar-refractivity contribution in [1.82, 2.24) is 5.32 Å². The highest BCUT2D eigenvalue weighted by atomic mass is 32.1. The van der Waals surface area contributed by atoms with E-state index in [0.717, 1.165) is 10.8 Å². The number of rotatable bonds is 7. The zero-order chi connectivity index (χ0) is 12.0. The lowest BCUT2D eigenvalue weighted by molar-refractivity contribution is 0.172. The summed E-state index contributed by atoms with van der Waals surface area (Å²) in [5, 5.41) is 15.3. The van der Waals surface area contributed by atoms with Crippen LogP contribution in [0.2, 0.25) is 0 Å². The third kappa shape index (κ3) is 4.64. The van der Waals surface area contributed by atoms with Crippen molar-refractivity contribution in [2.45, 2.75) is 45.8 Å². The highest BCUT2D eigenvalue weighted by molar-refractivity contribution is 7.10. The Morgan fingerprint density at radius 2 is 2.19 bits per heavy atom. The second-order valence-corrected chi connectivity index (χ2v) is 5.57. The van der Waals surface area contributed by atoms with E-state index < -0.39 is 0 Å². The Morgan fingerprint density at radius 3 is 2.75 bits per heavy atom. The molecule has 2 N–H and O–H groups in total. The maximum Gasteiger partial charge on any atom is 0.101 e. The highest BCUT2D eigenvalue weighted by Crippen LogP contribution is 2.18. The molecule has 1 aromatic rings. The smallest absolute Gasteiger partial charge is 0.101 e. The highest BCUT2D eigenvalue weighted by Gasteiger charge is 2.11. The molecule has 1 aromatic heterocycles. The molecule has 3 unspecified atom stereocenters. The van der Waals surface area contributed by atoms with Gasteiger partial charge in [-0.3, -0.25) is 0 Å². The molecule has 0 fully saturated rings. The molecular weight excluding hydrogens is 218 g/mol. The molecule has 0 aliphatic heterocycles. The van der Waals surface area contributed by atoms with E-state index in [1.165, 1.54) is 12.8 Å². The van der Waals surface area contributed by atoms with Crippen LogP contribution in [0.5, 0.6) is 0 Å². The molecule has 0 saturated carbocycles. The van der Waals surface area contributed by atoms with Gasteiger partial charge < -0.3 is 10.4 Å². The van der Waals surface area contributed by atoms with Crippen molar-refractivity contribution >= 4 is 11.3 Å². The summed E-state index contributed by atoms with van der Waals surface area (Å²) < 4.78 is 0. The molecule has 0 spiro atoms. The SMILES string of the molecule is CCC(C)CC(C)NCC(O)c1cccs1. The van der Waals surface area contributed by atoms with Gasteiger partial charge in [-0.05, 0) is 30.7 Å². The number of thiophene rings is 1. The molecule has 0 bridgehead atoms. The molecule has 0 radical (unpaired) electrons. The third-order valence-corrected chi connectivity index (χ3v) is 3.96. The molecule has 92 valence electrons. The van der Waals surface area contributed by atoms with Gasteiger partial charge in [0.05, 0.1) is 0 Å². The van der Waals surface area contributed by atoms with Crippen LogP contribution in [0.3, 0.4) is 0 Å². The van der Waals surface area contributed by atoms with Crippen LogP contribution in [0.4, 0.5) is 0 Å². The van der Waals surface area contributed by atoms with Gasteiger partial charge in [-0.15, -0.1) is 11.3 Å². The van der Waals surface area contributed by atoms with Crippen LogP contribution in [0.25, 0.3) is 0 Å². The average molecular weight is 241 g/mol. The molecule has 3 heteroatoms. The molecular formula is C13H23NOS. The summed E-state index contributed by atoms with van der Waals surface area (Å²) in [6, 6.07) is 4.44. The standard InChI is InChI=1S/C13H23NOS/c1-4-10(2)8-11(3)14-9-12(15)13-6-5-7-16-13/h5-7,10-12,14-15H,4,8-9H2,1-3H3. The van der Waals surface area contributed by atoms with Gasteiger partial charge in [-0.25, -0.2) is 0 Å². The van der Waals surface area contributed by atoms with Crippen LogP contribution in [0.1, 0.15) is 44.6 Å². The first kappa shape index (κ1) is 13.7. The van der Waals surface area contributed by atoms with Crippen LogP contribution in [0, 0.1) is 5.92 Å². The molecule has 0 saturated heterocycles. The maximum absolute atomic E-state index is 9.90. The number of hydrogen-bond acceptors (Lipinski definition) is 3. The van der Waals surface area contributed by atoms with E-state index in [1.807, 2.05) is 17.5 Å². The number of hydrogen-bond donors (Lipinski definition) is 2. The molecule has 0 aromatic carbocycles. The Balaban J connectivity index is 2.24. The summed E-state index contributed by atoms with van der Waals surface area (Å²) in [5.74, 6) is 0.751. The minimum atomic E-state index is -0.362. The predicted molar refractivity (Wildman–Crippen MR) is 70.8 cm³/mol. The van der Waals surface area contributed by atoms with Crippen molar-refractivity contribution in [1.29, 1.82) is 0 Å². The van der Waals surface area contributed by atoms with Crippen LogP contribution in [0.15, 0.2) is 17.5 Å².